The first-order valence-electron chi connectivity index (χ1n) is 10.1. The van der Waals surface area contributed by atoms with Gasteiger partial charge in [0.05, 0.1) is 22.2 Å². The Hall–Kier alpha value is -2.85. The first-order chi connectivity index (χ1) is 14.9. The van der Waals surface area contributed by atoms with E-state index in [1.54, 1.807) is 17.4 Å². The summed E-state index contributed by atoms with van der Waals surface area (Å²) in [5.74, 6) is 1.46. The van der Waals surface area contributed by atoms with E-state index in [9.17, 15) is 10.1 Å². The summed E-state index contributed by atoms with van der Waals surface area (Å²) < 4.78 is 2.19. The molecule has 31 heavy (non-hydrogen) atoms. The fourth-order valence-electron chi connectivity index (χ4n) is 3.86. The van der Waals surface area contributed by atoms with Crippen molar-refractivity contribution >= 4 is 40.0 Å². The monoisotopic (exact) mass is 456 g/mol. The lowest BCUT2D eigenvalue weighted by molar-refractivity contribution is -0.384. The van der Waals surface area contributed by atoms with Gasteiger partial charge >= 0.3 is 0 Å². The van der Waals surface area contributed by atoms with Gasteiger partial charge in [-0.3, -0.25) is 10.1 Å². The van der Waals surface area contributed by atoms with Crippen molar-refractivity contribution in [3.63, 3.8) is 0 Å². The van der Waals surface area contributed by atoms with E-state index in [1.807, 2.05) is 26.2 Å². The van der Waals surface area contributed by atoms with Crippen molar-refractivity contribution in [2.45, 2.75) is 39.2 Å². The number of imidazole rings is 1. The van der Waals surface area contributed by atoms with Crippen molar-refractivity contribution in [3.8, 4) is 0 Å². The molecule has 4 rings (SSSR count). The predicted molar refractivity (Wildman–Crippen MR) is 126 cm³/mol. The highest BCUT2D eigenvalue weighted by atomic mass is 32.1. The minimum absolute atomic E-state index is 0.0525. The molecule has 1 aliphatic rings. The maximum Gasteiger partial charge on any atom is 0.271 e. The number of thiazole rings is 1. The summed E-state index contributed by atoms with van der Waals surface area (Å²) in [6.45, 7) is 6.29. The molecular formula is C21H24N6O2S2. The van der Waals surface area contributed by atoms with Crippen LogP contribution in [0.15, 0.2) is 36.0 Å². The second-order valence-corrected chi connectivity index (χ2v) is 9.17. The maximum absolute atomic E-state index is 11.1. The zero-order valence-corrected chi connectivity index (χ0v) is 19.1. The zero-order chi connectivity index (χ0) is 22.0. The van der Waals surface area contributed by atoms with Gasteiger partial charge in [-0.1, -0.05) is 6.07 Å². The van der Waals surface area contributed by atoms with Crippen LogP contribution in [0.2, 0.25) is 0 Å². The number of aryl methyl sites for hydroxylation is 2. The van der Waals surface area contributed by atoms with Crippen LogP contribution in [0.25, 0.3) is 0 Å². The molecular weight excluding hydrogens is 432 g/mol. The molecule has 0 spiro atoms. The molecule has 2 aromatic heterocycles. The number of aromatic nitrogens is 3. The smallest absolute Gasteiger partial charge is 0.271 e. The minimum Gasteiger partial charge on any atom is -0.349 e. The molecule has 0 aliphatic carbocycles. The van der Waals surface area contributed by atoms with Crippen LogP contribution in [-0.4, -0.2) is 42.6 Å². The van der Waals surface area contributed by atoms with Gasteiger partial charge in [0.15, 0.2) is 5.11 Å². The molecule has 10 heteroatoms. The third kappa shape index (κ3) is 4.91. The van der Waals surface area contributed by atoms with Crippen LogP contribution in [0.1, 0.15) is 40.8 Å². The van der Waals surface area contributed by atoms with Gasteiger partial charge in [-0.25, -0.2) is 9.97 Å². The van der Waals surface area contributed by atoms with Crippen molar-refractivity contribution < 1.29 is 4.92 Å². The van der Waals surface area contributed by atoms with Crippen LogP contribution in [0.4, 0.5) is 11.4 Å². The highest BCUT2D eigenvalue weighted by molar-refractivity contribution is 7.80. The number of likely N-dealkylation sites (tertiary alicyclic amines) is 1. The fraction of sp³-hybridized carbons (Fsp3) is 0.381. The molecule has 0 bridgehead atoms. The number of piperidine rings is 1. The van der Waals surface area contributed by atoms with Gasteiger partial charge in [0, 0.05) is 54.6 Å². The number of nitro groups is 1. The van der Waals surface area contributed by atoms with Crippen molar-refractivity contribution in [1.82, 2.24) is 19.4 Å². The Kier molecular flexibility index (Phi) is 6.28. The average molecular weight is 457 g/mol. The van der Waals surface area contributed by atoms with Crippen LogP contribution in [-0.2, 0) is 6.54 Å². The number of rotatable bonds is 5. The van der Waals surface area contributed by atoms with E-state index in [0.717, 1.165) is 54.6 Å². The number of nitro benzene ring substituents is 1. The van der Waals surface area contributed by atoms with E-state index < -0.39 is 4.92 Å². The Morgan fingerprint density at radius 3 is 2.81 bits per heavy atom. The lowest BCUT2D eigenvalue weighted by Gasteiger charge is -2.34. The first-order valence-corrected chi connectivity index (χ1v) is 11.4. The Morgan fingerprint density at radius 1 is 1.35 bits per heavy atom. The lowest BCUT2D eigenvalue weighted by atomic mass is 9.96. The van der Waals surface area contributed by atoms with Crippen LogP contribution < -0.4 is 5.32 Å². The molecule has 1 fully saturated rings. The summed E-state index contributed by atoms with van der Waals surface area (Å²) in [6, 6.07) is 4.77. The summed E-state index contributed by atoms with van der Waals surface area (Å²) in [4.78, 5) is 22.0. The number of hydrogen-bond acceptors (Lipinski definition) is 6. The van der Waals surface area contributed by atoms with Gasteiger partial charge in [-0.15, -0.1) is 11.3 Å². The van der Waals surface area contributed by atoms with Crippen molar-refractivity contribution in [3.05, 3.63) is 68.2 Å². The number of non-ortho nitro benzene ring substituents is 1. The van der Waals surface area contributed by atoms with Gasteiger partial charge in [-0.05, 0) is 44.5 Å². The Balaban J connectivity index is 1.37. The molecule has 1 saturated heterocycles. The Morgan fingerprint density at radius 2 is 2.13 bits per heavy atom. The van der Waals surface area contributed by atoms with Crippen molar-refractivity contribution in [2.24, 2.45) is 0 Å². The molecule has 1 N–H and O–H groups in total. The summed E-state index contributed by atoms with van der Waals surface area (Å²) in [6.07, 6.45) is 5.78. The topological polar surface area (TPSA) is 89.1 Å². The standard InChI is InChI=1S/C21H24N6O2S2/c1-14-3-4-18(27(28)29)11-19(14)24-21(30)25-8-5-16(6-9-25)20-22-7-10-26(20)12-17-13-31-15(2)23-17/h3-4,7,10-11,13,16H,5-6,8-9,12H2,1-2H3,(H,24,30). The third-order valence-electron chi connectivity index (χ3n) is 5.57. The molecule has 0 amide bonds. The van der Waals surface area contributed by atoms with E-state index in [-0.39, 0.29) is 5.69 Å². The number of benzene rings is 1. The SMILES string of the molecule is Cc1nc(Cn2ccnc2C2CCN(C(=S)Nc3cc([N+](=O)[O-])ccc3C)CC2)cs1. The first kappa shape index (κ1) is 21.4. The molecule has 0 atom stereocenters. The van der Waals surface area contributed by atoms with E-state index >= 15 is 0 Å². The van der Waals surface area contributed by atoms with E-state index in [1.165, 1.54) is 12.1 Å². The third-order valence-corrected chi connectivity index (χ3v) is 6.75. The highest BCUT2D eigenvalue weighted by Gasteiger charge is 2.25. The summed E-state index contributed by atoms with van der Waals surface area (Å²) in [5.41, 5.74) is 2.71. The maximum atomic E-state index is 11.1. The summed E-state index contributed by atoms with van der Waals surface area (Å²) in [5, 5.41) is 18.0. The Bertz CT molecular complexity index is 1100. The van der Waals surface area contributed by atoms with Gasteiger partial charge in [0.25, 0.3) is 5.69 Å². The number of thiocarbonyl (C=S) groups is 1. The second-order valence-electron chi connectivity index (χ2n) is 7.72. The predicted octanol–water partition coefficient (Wildman–Crippen LogP) is 4.49. The molecule has 3 aromatic rings. The quantitative estimate of drug-likeness (QED) is 0.344. The number of hydrogen-bond donors (Lipinski definition) is 1. The van der Waals surface area contributed by atoms with E-state index in [0.29, 0.717) is 16.7 Å². The van der Waals surface area contributed by atoms with E-state index in [4.69, 9.17) is 12.2 Å². The molecule has 0 saturated carbocycles. The highest BCUT2D eigenvalue weighted by Crippen LogP contribution is 2.29. The molecule has 0 radical (unpaired) electrons. The zero-order valence-electron chi connectivity index (χ0n) is 17.4. The molecule has 1 aromatic carbocycles. The molecule has 8 nitrogen and oxygen atoms in total. The molecule has 0 unspecified atom stereocenters. The molecule has 162 valence electrons. The fourth-order valence-corrected chi connectivity index (χ4v) is 4.76. The minimum atomic E-state index is -0.395. The second kappa shape index (κ2) is 9.11. The number of nitrogens with one attached hydrogen (secondary N) is 1. The van der Waals surface area contributed by atoms with Gasteiger partial charge in [-0.2, -0.15) is 0 Å². The Labute approximate surface area is 190 Å². The lowest BCUT2D eigenvalue weighted by Crippen LogP contribution is -2.40. The van der Waals surface area contributed by atoms with Crippen molar-refractivity contribution in [2.75, 3.05) is 18.4 Å². The van der Waals surface area contributed by atoms with Crippen LogP contribution >= 0.6 is 23.6 Å². The van der Waals surface area contributed by atoms with Crippen LogP contribution in [0, 0.1) is 24.0 Å². The van der Waals surface area contributed by atoms with E-state index in [2.05, 4.69) is 30.1 Å². The normalized spacial score (nSPS) is 14.6. The largest absolute Gasteiger partial charge is 0.349 e. The molecule has 1 aliphatic heterocycles. The van der Waals surface area contributed by atoms with Crippen molar-refractivity contribution in [1.29, 1.82) is 0 Å². The number of nitrogens with zero attached hydrogens (tertiary/aromatic N) is 5. The average Bonchev–Trinajstić information content (AvgIpc) is 3.38. The van der Waals surface area contributed by atoms with Crippen LogP contribution in [0.5, 0.6) is 0 Å². The van der Waals surface area contributed by atoms with Gasteiger partial charge in [0.2, 0.25) is 0 Å². The molecule has 3 heterocycles. The van der Waals surface area contributed by atoms with Gasteiger partial charge in [0.1, 0.15) is 5.82 Å². The summed E-state index contributed by atoms with van der Waals surface area (Å²) in [7, 11) is 0. The van der Waals surface area contributed by atoms with Gasteiger partial charge < -0.3 is 14.8 Å². The number of anilines is 1. The summed E-state index contributed by atoms with van der Waals surface area (Å²) >= 11 is 7.26. The van der Waals surface area contributed by atoms with Crippen LogP contribution in [0.3, 0.4) is 0 Å².